The summed E-state index contributed by atoms with van der Waals surface area (Å²) < 4.78 is 62.1. The molecule has 9 heteroatoms. The molecule has 1 rings (SSSR count). The zero-order chi connectivity index (χ0) is 13.1. The lowest BCUT2D eigenvalue weighted by molar-refractivity contribution is -0.121. The van der Waals surface area contributed by atoms with Gasteiger partial charge < -0.3 is 0 Å². The number of alkyl halides is 3. The molecular formula is C8H8F3IN2O2S. The first kappa shape index (κ1) is 14.5. The quantitative estimate of drug-likeness (QED) is 0.787. The van der Waals surface area contributed by atoms with Gasteiger partial charge in [0.05, 0.1) is 5.69 Å². The minimum absolute atomic E-state index is 0.225. The van der Waals surface area contributed by atoms with E-state index < -0.39 is 22.9 Å². The second kappa shape index (κ2) is 5.40. The molecule has 0 spiro atoms. The second-order valence-corrected chi connectivity index (χ2v) is 5.68. The third-order valence-electron chi connectivity index (χ3n) is 1.58. The van der Waals surface area contributed by atoms with E-state index in [2.05, 4.69) is 0 Å². The third-order valence-corrected chi connectivity index (χ3v) is 3.53. The van der Waals surface area contributed by atoms with Crippen molar-refractivity contribution in [3.63, 3.8) is 0 Å². The van der Waals surface area contributed by atoms with E-state index in [1.54, 1.807) is 18.2 Å². The van der Waals surface area contributed by atoms with Crippen molar-refractivity contribution in [2.75, 3.05) is 11.3 Å². The fraction of sp³-hybridized carbons (Fsp3) is 0.250. The molecule has 0 saturated carbocycles. The molecular weight excluding hydrogens is 372 g/mol. The van der Waals surface area contributed by atoms with E-state index >= 15 is 0 Å². The summed E-state index contributed by atoms with van der Waals surface area (Å²) in [4.78, 5) is 0. The Hall–Kier alpha value is -0.550. The van der Waals surface area contributed by atoms with Crippen LogP contribution in [0.15, 0.2) is 24.3 Å². The van der Waals surface area contributed by atoms with Gasteiger partial charge in [-0.2, -0.15) is 26.3 Å². The van der Waals surface area contributed by atoms with Crippen molar-refractivity contribution in [2.24, 2.45) is 0 Å². The lowest BCUT2D eigenvalue weighted by Gasteiger charge is -2.11. The molecule has 0 aliphatic heterocycles. The van der Waals surface area contributed by atoms with Crippen molar-refractivity contribution in [3.05, 3.63) is 27.8 Å². The van der Waals surface area contributed by atoms with Gasteiger partial charge in [0, 0.05) is 3.57 Å². The molecule has 0 amide bonds. The molecule has 0 unspecified atom stereocenters. The highest BCUT2D eigenvalue weighted by Crippen LogP contribution is 2.18. The predicted molar refractivity (Wildman–Crippen MR) is 65.8 cm³/mol. The van der Waals surface area contributed by atoms with Crippen LogP contribution in [0.4, 0.5) is 18.9 Å². The van der Waals surface area contributed by atoms with Gasteiger partial charge in [-0.25, -0.2) is 0 Å². The number of anilines is 1. The monoisotopic (exact) mass is 380 g/mol. The van der Waals surface area contributed by atoms with Gasteiger partial charge in [0.15, 0.2) is 0 Å². The molecule has 0 fully saturated rings. The maximum Gasteiger partial charge on any atom is 0.402 e. The highest BCUT2D eigenvalue weighted by Gasteiger charge is 2.29. The van der Waals surface area contributed by atoms with Crippen LogP contribution >= 0.6 is 22.6 Å². The van der Waals surface area contributed by atoms with Gasteiger partial charge in [0.1, 0.15) is 6.54 Å². The Labute approximate surface area is 110 Å². The van der Waals surface area contributed by atoms with E-state index in [0.29, 0.717) is 3.57 Å². The molecule has 0 aromatic heterocycles. The first-order valence-electron chi connectivity index (χ1n) is 4.28. The van der Waals surface area contributed by atoms with Crippen molar-refractivity contribution in [1.29, 1.82) is 0 Å². The highest BCUT2D eigenvalue weighted by molar-refractivity contribution is 14.1. The zero-order valence-corrected chi connectivity index (χ0v) is 11.2. The van der Waals surface area contributed by atoms with E-state index in [1.165, 1.54) is 10.8 Å². The summed E-state index contributed by atoms with van der Waals surface area (Å²) in [6.07, 6.45) is -4.58. The van der Waals surface area contributed by atoms with Crippen LogP contribution in [0, 0.1) is 3.57 Å². The summed E-state index contributed by atoms with van der Waals surface area (Å²) in [5.74, 6) is 0. The van der Waals surface area contributed by atoms with Crippen LogP contribution < -0.4 is 9.44 Å². The van der Waals surface area contributed by atoms with Crippen LogP contribution in [0.2, 0.25) is 0 Å². The average molecular weight is 380 g/mol. The predicted octanol–water partition coefficient (Wildman–Crippen LogP) is 2.10. The Morgan fingerprint density at radius 2 is 1.82 bits per heavy atom. The summed E-state index contributed by atoms with van der Waals surface area (Å²) in [7, 11) is -4.22. The molecule has 1 aromatic rings. The summed E-state index contributed by atoms with van der Waals surface area (Å²) >= 11 is 1.87. The van der Waals surface area contributed by atoms with Crippen LogP contribution in [-0.2, 0) is 10.2 Å². The Morgan fingerprint density at radius 3 is 2.35 bits per heavy atom. The highest BCUT2D eigenvalue weighted by atomic mass is 127. The van der Waals surface area contributed by atoms with Gasteiger partial charge in [0.25, 0.3) is 10.2 Å². The summed E-state index contributed by atoms with van der Waals surface area (Å²) in [5.41, 5.74) is 0.225. The van der Waals surface area contributed by atoms with Crippen molar-refractivity contribution in [1.82, 2.24) is 4.72 Å². The van der Waals surface area contributed by atoms with Crippen LogP contribution in [0.5, 0.6) is 0 Å². The van der Waals surface area contributed by atoms with Crippen LogP contribution in [0.25, 0.3) is 0 Å². The standard InChI is InChI=1S/C8H8F3IN2O2S/c9-8(10,11)5-13-17(15,16)14-7-4-2-1-3-6(7)12/h1-4,13-14H,5H2. The Morgan fingerprint density at radius 1 is 1.24 bits per heavy atom. The van der Waals surface area contributed by atoms with Crippen molar-refractivity contribution in [2.45, 2.75) is 6.18 Å². The molecule has 2 N–H and O–H groups in total. The van der Waals surface area contributed by atoms with Crippen LogP contribution in [-0.4, -0.2) is 21.1 Å². The van der Waals surface area contributed by atoms with Gasteiger partial charge in [0.2, 0.25) is 0 Å². The van der Waals surface area contributed by atoms with E-state index in [-0.39, 0.29) is 5.69 Å². The minimum Gasteiger partial charge on any atom is -0.270 e. The summed E-state index contributed by atoms with van der Waals surface area (Å²) in [6.45, 7) is -1.61. The SMILES string of the molecule is O=S(=O)(NCC(F)(F)F)Nc1ccccc1I. The maximum absolute atomic E-state index is 11.8. The number of halogens is 4. The number of hydrogen-bond acceptors (Lipinski definition) is 2. The van der Waals surface area contributed by atoms with Crippen molar-refractivity contribution >= 4 is 38.5 Å². The molecule has 0 radical (unpaired) electrons. The summed E-state index contributed by atoms with van der Waals surface area (Å²) in [6, 6.07) is 6.34. The zero-order valence-electron chi connectivity index (χ0n) is 8.25. The second-order valence-electron chi connectivity index (χ2n) is 3.02. The normalized spacial score (nSPS) is 12.5. The number of hydrogen-bond donors (Lipinski definition) is 2. The Balaban J connectivity index is 2.71. The first-order chi connectivity index (χ1) is 7.70. The van der Waals surface area contributed by atoms with E-state index in [1.807, 2.05) is 27.3 Å². The Kier molecular flexibility index (Phi) is 4.61. The lowest BCUT2D eigenvalue weighted by atomic mass is 10.3. The number of benzene rings is 1. The fourth-order valence-corrected chi connectivity index (χ4v) is 2.50. The van der Waals surface area contributed by atoms with Crippen LogP contribution in [0.3, 0.4) is 0 Å². The molecule has 1 aromatic carbocycles. The number of para-hydroxylation sites is 1. The number of nitrogens with one attached hydrogen (secondary N) is 2. The molecule has 0 bridgehead atoms. The van der Waals surface area contributed by atoms with E-state index in [4.69, 9.17) is 0 Å². The van der Waals surface area contributed by atoms with E-state index in [9.17, 15) is 21.6 Å². The average Bonchev–Trinajstić information content (AvgIpc) is 2.18. The molecule has 0 aliphatic rings. The molecule has 0 aliphatic carbocycles. The largest absolute Gasteiger partial charge is 0.402 e. The molecule has 17 heavy (non-hydrogen) atoms. The molecule has 0 atom stereocenters. The van der Waals surface area contributed by atoms with E-state index in [0.717, 1.165) is 0 Å². The van der Waals surface area contributed by atoms with Gasteiger partial charge in [-0.1, -0.05) is 12.1 Å². The summed E-state index contributed by atoms with van der Waals surface area (Å²) in [5, 5.41) is 0. The van der Waals surface area contributed by atoms with Crippen molar-refractivity contribution in [3.8, 4) is 0 Å². The smallest absolute Gasteiger partial charge is 0.270 e. The topological polar surface area (TPSA) is 58.2 Å². The fourth-order valence-electron chi connectivity index (χ4n) is 0.902. The molecule has 96 valence electrons. The van der Waals surface area contributed by atoms with Crippen LogP contribution in [0.1, 0.15) is 0 Å². The van der Waals surface area contributed by atoms with Gasteiger partial charge >= 0.3 is 6.18 Å². The molecule has 0 heterocycles. The Bertz CT molecular complexity index is 490. The first-order valence-corrected chi connectivity index (χ1v) is 6.84. The lowest BCUT2D eigenvalue weighted by Crippen LogP contribution is -2.37. The van der Waals surface area contributed by atoms with Crippen molar-refractivity contribution < 1.29 is 21.6 Å². The maximum atomic E-state index is 11.8. The van der Waals surface area contributed by atoms with Gasteiger partial charge in [-0.3, -0.25) is 4.72 Å². The minimum atomic E-state index is -4.58. The van der Waals surface area contributed by atoms with Gasteiger partial charge in [-0.05, 0) is 34.7 Å². The third kappa shape index (κ3) is 5.55. The molecule has 4 nitrogen and oxygen atoms in total. The molecule has 0 saturated heterocycles. The van der Waals surface area contributed by atoms with Gasteiger partial charge in [-0.15, -0.1) is 0 Å². The number of rotatable bonds is 4.